The van der Waals surface area contributed by atoms with Gasteiger partial charge in [0.2, 0.25) is 11.8 Å². The molecule has 0 saturated carbocycles. The molecule has 4 rings (SSSR count). The first-order valence-corrected chi connectivity index (χ1v) is 11.3. The van der Waals surface area contributed by atoms with Crippen LogP contribution in [0.5, 0.6) is 0 Å². The molecule has 0 aliphatic carbocycles. The van der Waals surface area contributed by atoms with E-state index >= 15 is 0 Å². The molecule has 0 radical (unpaired) electrons. The quantitative estimate of drug-likeness (QED) is 0.776. The Bertz CT molecular complexity index is 872. The van der Waals surface area contributed by atoms with Gasteiger partial charge < -0.3 is 14.7 Å². The van der Waals surface area contributed by atoms with Gasteiger partial charge in [-0.1, -0.05) is 18.2 Å². The number of rotatable bonds is 4. The Kier molecular flexibility index (Phi) is 5.90. The SMILES string of the molecule is Cc1cccc(N2CCN(C(=O)C3CCCN3C(=O)Cc3cccs3)CC2)c1C. The topological polar surface area (TPSA) is 43.9 Å². The smallest absolute Gasteiger partial charge is 0.245 e. The predicted molar refractivity (Wildman–Crippen MR) is 117 cm³/mol. The third-order valence-corrected chi connectivity index (χ3v) is 7.15. The van der Waals surface area contributed by atoms with Gasteiger partial charge >= 0.3 is 0 Å². The van der Waals surface area contributed by atoms with Crippen LogP contribution in [0, 0.1) is 13.8 Å². The van der Waals surface area contributed by atoms with E-state index in [1.165, 1.54) is 16.8 Å². The Morgan fingerprint density at radius 3 is 2.55 bits per heavy atom. The van der Waals surface area contributed by atoms with Gasteiger partial charge in [-0.25, -0.2) is 0 Å². The second-order valence-corrected chi connectivity index (χ2v) is 9.06. The largest absolute Gasteiger partial charge is 0.368 e. The molecule has 0 spiro atoms. The first-order valence-electron chi connectivity index (χ1n) is 10.5. The minimum absolute atomic E-state index is 0.0809. The number of anilines is 1. The summed E-state index contributed by atoms with van der Waals surface area (Å²) in [4.78, 5) is 33.2. The fraction of sp³-hybridized carbons (Fsp3) is 0.478. The summed E-state index contributed by atoms with van der Waals surface area (Å²) in [7, 11) is 0. The number of likely N-dealkylation sites (tertiary alicyclic amines) is 1. The second kappa shape index (κ2) is 8.57. The molecule has 1 aromatic carbocycles. The fourth-order valence-electron chi connectivity index (χ4n) is 4.44. The summed E-state index contributed by atoms with van der Waals surface area (Å²) in [6, 6.07) is 10.1. The molecule has 1 aromatic heterocycles. The van der Waals surface area contributed by atoms with Crippen molar-refractivity contribution < 1.29 is 9.59 Å². The van der Waals surface area contributed by atoms with Crippen LogP contribution in [-0.2, 0) is 16.0 Å². The van der Waals surface area contributed by atoms with E-state index in [0.29, 0.717) is 13.0 Å². The molecule has 0 N–H and O–H groups in total. The first-order chi connectivity index (χ1) is 14.0. The van der Waals surface area contributed by atoms with E-state index in [1.54, 1.807) is 11.3 Å². The van der Waals surface area contributed by atoms with Crippen molar-refractivity contribution in [1.82, 2.24) is 9.80 Å². The van der Waals surface area contributed by atoms with Gasteiger partial charge in [0.15, 0.2) is 0 Å². The molecule has 2 aliphatic heterocycles. The van der Waals surface area contributed by atoms with Crippen molar-refractivity contribution in [3.05, 3.63) is 51.7 Å². The summed E-state index contributed by atoms with van der Waals surface area (Å²) in [6.07, 6.45) is 2.10. The molecule has 154 valence electrons. The monoisotopic (exact) mass is 411 g/mol. The highest BCUT2D eigenvalue weighted by atomic mass is 32.1. The van der Waals surface area contributed by atoms with E-state index in [0.717, 1.165) is 43.9 Å². The highest BCUT2D eigenvalue weighted by molar-refractivity contribution is 7.10. The van der Waals surface area contributed by atoms with Crippen LogP contribution < -0.4 is 4.90 Å². The Morgan fingerprint density at radius 2 is 1.83 bits per heavy atom. The summed E-state index contributed by atoms with van der Waals surface area (Å²) in [6.45, 7) is 8.12. The highest BCUT2D eigenvalue weighted by Gasteiger charge is 2.37. The number of carbonyl (C=O) groups is 2. The van der Waals surface area contributed by atoms with E-state index in [9.17, 15) is 9.59 Å². The molecule has 1 atom stereocenters. The number of aryl methyl sites for hydroxylation is 1. The van der Waals surface area contributed by atoms with Gasteiger partial charge in [-0.3, -0.25) is 9.59 Å². The Morgan fingerprint density at radius 1 is 1.03 bits per heavy atom. The van der Waals surface area contributed by atoms with Gasteiger partial charge in [-0.2, -0.15) is 0 Å². The maximum Gasteiger partial charge on any atom is 0.245 e. The number of benzene rings is 1. The molecule has 1 unspecified atom stereocenters. The Balaban J connectivity index is 1.37. The van der Waals surface area contributed by atoms with Crippen molar-refractivity contribution in [2.24, 2.45) is 0 Å². The van der Waals surface area contributed by atoms with Crippen molar-refractivity contribution in [3.63, 3.8) is 0 Å². The third-order valence-electron chi connectivity index (χ3n) is 6.27. The molecule has 2 amide bonds. The first kappa shape index (κ1) is 20.0. The average Bonchev–Trinajstić information content (AvgIpc) is 3.41. The maximum absolute atomic E-state index is 13.2. The van der Waals surface area contributed by atoms with Crippen molar-refractivity contribution >= 4 is 28.8 Å². The van der Waals surface area contributed by atoms with Crippen LogP contribution in [0.2, 0.25) is 0 Å². The zero-order valence-electron chi connectivity index (χ0n) is 17.3. The second-order valence-electron chi connectivity index (χ2n) is 8.03. The summed E-state index contributed by atoms with van der Waals surface area (Å²) in [5, 5.41) is 1.99. The molecule has 29 heavy (non-hydrogen) atoms. The van der Waals surface area contributed by atoms with Crippen LogP contribution in [0.15, 0.2) is 35.7 Å². The lowest BCUT2D eigenvalue weighted by molar-refractivity contribution is -0.143. The molecule has 2 saturated heterocycles. The number of carbonyl (C=O) groups excluding carboxylic acids is 2. The van der Waals surface area contributed by atoms with Crippen molar-refractivity contribution in [3.8, 4) is 0 Å². The zero-order valence-corrected chi connectivity index (χ0v) is 18.1. The van der Waals surface area contributed by atoms with E-state index in [-0.39, 0.29) is 17.9 Å². The number of nitrogens with zero attached hydrogens (tertiary/aromatic N) is 3. The molecule has 6 heteroatoms. The molecule has 2 aliphatic rings. The minimum atomic E-state index is -0.283. The molecular formula is C23H29N3O2S. The molecule has 3 heterocycles. The minimum Gasteiger partial charge on any atom is -0.368 e. The Labute approximate surface area is 176 Å². The summed E-state index contributed by atoms with van der Waals surface area (Å²) in [5.74, 6) is 0.208. The van der Waals surface area contributed by atoms with E-state index in [4.69, 9.17) is 0 Å². The number of piperazine rings is 1. The van der Waals surface area contributed by atoms with Crippen LogP contribution in [0.4, 0.5) is 5.69 Å². The number of amides is 2. The van der Waals surface area contributed by atoms with Crippen molar-refractivity contribution in [2.75, 3.05) is 37.6 Å². The number of hydrogen-bond donors (Lipinski definition) is 0. The standard InChI is InChI=1S/C23H29N3O2S/c1-17-6-3-8-20(18(17)2)24-11-13-25(14-12-24)23(28)21-9-4-10-26(21)22(27)16-19-7-5-15-29-19/h3,5-8,15,21H,4,9-14,16H2,1-2H3. The van der Waals surface area contributed by atoms with Gasteiger partial charge in [0.25, 0.3) is 0 Å². The lowest BCUT2D eigenvalue weighted by Crippen LogP contribution is -2.54. The van der Waals surface area contributed by atoms with Crippen LogP contribution in [-0.4, -0.2) is 60.4 Å². The third kappa shape index (κ3) is 4.17. The lowest BCUT2D eigenvalue weighted by atomic mass is 10.1. The predicted octanol–water partition coefficient (Wildman–Crippen LogP) is 3.25. The van der Waals surface area contributed by atoms with Gasteiger partial charge in [0.1, 0.15) is 6.04 Å². The molecule has 2 fully saturated rings. The van der Waals surface area contributed by atoms with Crippen LogP contribution in [0.1, 0.15) is 28.8 Å². The van der Waals surface area contributed by atoms with Crippen LogP contribution >= 0.6 is 11.3 Å². The zero-order chi connectivity index (χ0) is 20.4. The van der Waals surface area contributed by atoms with Gasteiger partial charge in [-0.05, 0) is 55.3 Å². The molecule has 5 nitrogen and oxygen atoms in total. The average molecular weight is 412 g/mol. The van der Waals surface area contributed by atoms with Gasteiger partial charge in [0, 0.05) is 43.3 Å². The van der Waals surface area contributed by atoms with Crippen molar-refractivity contribution in [2.45, 2.75) is 39.2 Å². The van der Waals surface area contributed by atoms with Gasteiger partial charge in [-0.15, -0.1) is 11.3 Å². The normalized spacial score (nSPS) is 19.7. The summed E-state index contributed by atoms with van der Waals surface area (Å²) < 4.78 is 0. The maximum atomic E-state index is 13.2. The number of thiophene rings is 1. The molecule has 2 aromatic rings. The van der Waals surface area contributed by atoms with Crippen molar-refractivity contribution in [1.29, 1.82) is 0 Å². The molecular weight excluding hydrogens is 382 g/mol. The summed E-state index contributed by atoms with van der Waals surface area (Å²) in [5.41, 5.74) is 3.88. The highest BCUT2D eigenvalue weighted by Crippen LogP contribution is 2.26. The van der Waals surface area contributed by atoms with Gasteiger partial charge in [0.05, 0.1) is 6.42 Å². The fourth-order valence-corrected chi connectivity index (χ4v) is 5.14. The number of hydrogen-bond acceptors (Lipinski definition) is 4. The Hall–Kier alpha value is -2.34. The van der Waals surface area contributed by atoms with Crippen LogP contribution in [0.3, 0.4) is 0 Å². The summed E-state index contributed by atoms with van der Waals surface area (Å²) >= 11 is 1.60. The van der Waals surface area contributed by atoms with Crippen LogP contribution in [0.25, 0.3) is 0 Å². The lowest BCUT2D eigenvalue weighted by Gasteiger charge is -2.39. The van der Waals surface area contributed by atoms with E-state index in [2.05, 4.69) is 36.9 Å². The molecule has 0 bridgehead atoms. The van der Waals surface area contributed by atoms with E-state index in [1.807, 2.05) is 27.3 Å². The van der Waals surface area contributed by atoms with E-state index < -0.39 is 0 Å².